The standard InChI is InChI=1S/C30H29N5O2/c1-20-33-35(24-12-10-23(11-13-24)30(15-16-30)32-28(36)37-29(2,3)4)27-25-18-22(21-8-6-5-7-9-21)19-31-26(25)14-17-34(20)27/h5-14,17-19H,15-16H2,1-4H3/p+1. The lowest BCUT2D eigenvalue weighted by atomic mass is 10.0. The summed E-state index contributed by atoms with van der Waals surface area (Å²) in [7, 11) is 0. The summed E-state index contributed by atoms with van der Waals surface area (Å²) >= 11 is 0. The molecule has 6 rings (SSSR count). The molecule has 0 atom stereocenters. The predicted octanol–water partition coefficient (Wildman–Crippen LogP) is 5.65. The molecule has 0 saturated heterocycles. The average molecular weight is 493 g/mol. The monoisotopic (exact) mass is 492 g/mol. The van der Waals surface area contributed by atoms with Crippen LogP contribution in [-0.2, 0) is 10.3 Å². The Kier molecular flexibility index (Phi) is 5.26. The third-order valence-electron chi connectivity index (χ3n) is 6.82. The molecule has 0 unspecified atom stereocenters. The van der Waals surface area contributed by atoms with Gasteiger partial charge in [-0.2, -0.15) is 0 Å². The van der Waals surface area contributed by atoms with Crippen molar-refractivity contribution < 1.29 is 13.9 Å². The van der Waals surface area contributed by atoms with Gasteiger partial charge in [-0.1, -0.05) is 47.1 Å². The summed E-state index contributed by atoms with van der Waals surface area (Å²) in [4.78, 5) is 17.2. The van der Waals surface area contributed by atoms with Gasteiger partial charge in [-0.3, -0.25) is 4.98 Å². The van der Waals surface area contributed by atoms with Crippen molar-refractivity contribution in [2.75, 3.05) is 0 Å². The predicted molar refractivity (Wildman–Crippen MR) is 142 cm³/mol. The smallest absolute Gasteiger partial charge is 0.408 e. The number of hydrogen-bond donors (Lipinski definition) is 1. The van der Waals surface area contributed by atoms with Crippen molar-refractivity contribution in [2.24, 2.45) is 0 Å². The molecular weight excluding hydrogens is 462 g/mol. The van der Waals surface area contributed by atoms with Crippen LogP contribution in [0, 0.1) is 6.92 Å². The molecule has 0 aliphatic heterocycles. The van der Waals surface area contributed by atoms with Crippen LogP contribution in [0.25, 0.3) is 33.4 Å². The highest BCUT2D eigenvalue weighted by Gasteiger charge is 2.46. The van der Waals surface area contributed by atoms with Gasteiger partial charge in [0.05, 0.1) is 22.6 Å². The van der Waals surface area contributed by atoms with Crippen LogP contribution >= 0.6 is 0 Å². The van der Waals surface area contributed by atoms with Crippen LogP contribution in [0.5, 0.6) is 0 Å². The minimum atomic E-state index is -0.529. The first-order chi connectivity index (χ1) is 17.7. The minimum absolute atomic E-state index is 0.362. The molecule has 5 aromatic rings. The third-order valence-corrected chi connectivity index (χ3v) is 6.82. The molecule has 1 aliphatic carbocycles. The lowest BCUT2D eigenvalue weighted by molar-refractivity contribution is -0.519. The van der Waals surface area contributed by atoms with E-state index in [2.05, 4.69) is 52.2 Å². The molecule has 1 saturated carbocycles. The second-order valence-corrected chi connectivity index (χ2v) is 10.7. The van der Waals surface area contributed by atoms with E-state index in [0.29, 0.717) is 0 Å². The lowest BCUT2D eigenvalue weighted by Gasteiger charge is -2.23. The number of aryl methyl sites for hydroxylation is 1. The second-order valence-electron chi connectivity index (χ2n) is 10.7. The Morgan fingerprint density at radius 2 is 1.76 bits per heavy atom. The molecule has 1 fully saturated rings. The third kappa shape index (κ3) is 4.31. The van der Waals surface area contributed by atoms with Crippen molar-refractivity contribution in [3.8, 4) is 16.8 Å². The highest BCUT2D eigenvalue weighted by Crippen LogP contribution is 2.45. The number of rotatable bonds is 4. The summed E-state index contributed by atoms with van der Waals surface area (Å²) in [6.07, 6.45) is 5.34. The number of nitrogens with zero attached hydrogens (tertiary/aromatic N) is 4. The number of aromatic nitrogens is 4. The quantitative estimate of drug-likeness (QED) is 0.329. The van der Waals surface area contributed by atoms with Gasteiger partial charge in [-0.05, 0) is 69.0 Å². The van der Waals surface area contributed by atoms with E-state index in [0.717, 1.165) is 57.6 Å². The zero-order valence-corrected chi connectivity index (χ0v) is 21.5. The fourth-order valence-corrected chi connectivity index (χ4v) is 4.85. The SMILES string of the molecule is Cc1nn(-c2ccc(C3(NC(=O)OC(C)(C)C)CC3)cc2)c2c3cc(-c4ccccc4)cnc3cc[n+]12. The number of benzene rings is 2. The van der Waals surface area contributed by atoms with E-state index >= 15 is 0 Å². The first-order valence-corrected chi connectivity index (χ1v) is 12.6. The van der Waals surface area contributed by atoms with Gasteiger partial charge in [0.2, 0.25) is 0 Å². The Bertz CT molecular complexity index is 1630. The fraction of sp³-hybridized carbons (Fsp3) is 0.267. The van der Waals surface area contributed by atoms with Crippen LogP contribution in [0.3, 0.4) is 0 Å². The molecule has 1 N–H and O–H groups in total. The molecule has 7 nitrogen and oxygen atoms in total. The molecular formula is C30H30N5O2+. The average Bonchev–Trinajstić information content (AvgIpc) is 3.57. The second kappa shape index (κ2) is 8.40. The van der Waals surface area contributed by atoms with Crippen molar-refractivity contribution in [2.45, 2.75) is 51.7 Å². The Balaban J connectivity index is 1.39. The van der Waals surface area contributed by atoms with E-state index in [-0.39, 0.29) is 11.6 Å². The van der Waals surface area contributed by atoms with Crippen molar-refractivity contribution in [1.82, 2.24) is 20.1 Å². The molecule has 0 bridgehead atoms. The Labute approximate surface area is 215 Å². The van der Waals surface area contributed by atoms with E-state index in [4.69, 9.17) is 14.8 Å². The zero-order valence-electron chi connectivity index (χ0n) is 21.5. The van der Waals surface area contributed by atoms with E-state index in [1.165, 1.54) is 0 Å². The number of nitrogens with one attached hydrogen (secondary N) is 1. The van der Waals surface area contributed by atoms with Crippen molar-refractivity contribution in [3.63, 3.8) is 0 Å². The number of ether oxygens (including phenoxy) is 1. The minimum Gasteiger partial charge on any atom is -0.444 e. The lowest BCUT2D eigenvalue weighted by Crippen LogP contribution is -2.39. The molecule has 3 heterocycles. The molecule has 0 spiro atoms. The van der Waals surface area contributed by atoms with Crippen LogP contribution < -0.4 is 9.72 Å². The molecule has 3 aromatic heterocycles. The van der Waals surface area contributed by atoms with Crippen LogP contribution in [0.2, 0.25) is 0 Å². The fourth-order valence-electron chi connectivity index (χ4n) is 4.85. The van der Waals surface area contributed by atoms with Gasteiger partial charge in [-0.25, -0.2) is 9.20 Å². The number of carbonyl (C=O) groups is 1. The summed E-state index contributed by atoms with van der Waals surface area (Å²) in [6.45, 7) is 7.62. The number of carbonyl (C=O) groups excluding carboxylic acids is 1. The van der Waals surface area contributed by atoms with Gasteiger partial charge >= 0.3 is 6.09 Å². The molecule has 2 aromatic carbocycles. The first-order valence-electron chi connectivity index (χ1n) is 12.6. The van der Waals surface area contributed by atoms with E-state index in [1.807, 2.05) is 69.0 Å². The maximum Gasteiger partial charge on any atom is 0.408 e. The molecule has 1 amide bonds. The van der Waals surface area contributed by atoms with Crippen LogP contribution in [0.15, 0.2) is 79.1 Å². The summed E-state index contributed by atoms with van der Waals surface area (Å²) in [5, 5.41) is 8.98. The summed E-state index contributed by atoms with van der Waals surface area (Å²) in [5.41, 5.74) is 5.18. The topological polar surface area (TPSA) is 73.1 Å². The number of pyridine rings is 2. The number of fused-ring (bicyclic) bond motifs is 3. The summed E-state index contributed by atoms with van der Waals surface area (Å²) < 4.78 is 9.56. The van der Waals surface area contributed by atoms with Gasteiger partial charge in [0.25, 0.3) is 11.5 Å². The van der Waals surface area contributed by atoms with Gasteiger partial charge in [0.1, 0.15) is 11.3 Å². The van der Waals surface area contributed by atoms with Crippen LogP contribution in [-0.4, -0.2) is 26.5 Å². The Morgan fingerprint density at radius 3 is 2.43 bits per heavy atom. The molecule has 1 aliphatic rings. The maximum absolute atomic E-state index is 12.4. The Morgan fingerprint density at radius 1 is 1.03 bits per heavy atom. The normalized spacial score (nSPS) is 14.6. The van der Waals surface area contributed by atoms with Gasteiger partial charge < -0.3 is 10.1 Å². The van der Waals surface area contributed by atoms with Gasteiger partial charge in [-0.15, -0.1) is 0 Å². The number of hydrogen-bond acceptors (Lipinski definition) is 4. The van der Waals surface area contributed by atoms with Crippen molar-refractivity contribution in [1.29, 1.82) is 0 Å². The van der Waals surface area contributed by atoms with Gasteiger partial charge in [0.15, 0.2) is 0 Å². The van der Waals surface area contributed by atoms with Crippen molar-refractivity contribution >= 4 is 22.6 Å². The Hall–Kier alpha value is -4.26. The van der Waals surface area contributed by atoms with E-state index in [1.54, 1.807) is 0 Å². The molecule has 37 heavy (non-hydrogen) atoms. The number of alkyl carbamates (subject to hydrolysis) is 1. The molecule has 7 heteroatoms. The molecule has 0 radical (unpaired) electrons. The highest BCUT2D eigenvalue weighted by molar-refractivity contribution is 5.92. The summed E-state index contributed by atoms with van der Waals surface area (Å²) in [6, 6.07) is 22.8. The van der Waals surface area contributed by atoms with E-state index < -0.39 is 5.60 Å². The largest absolute Gasteiger partial charge is 0.444 e. The first kappa shape index (κ1) is 23.2. The maximum atomic E-state index is 12.4. The zero-order chi connectivity index (χ0) is 25.8. The highest BCUT2D eigenvalue weighted by atomic mass is 16.6. The summed E-state index contributed by atoms with van der Waals surface area (Å²) in [5.74, 6) is 0.886. The van der Waals surface area contributed by atoms with Gasteiger partial charge in [0, 0.05) is 23.8 Å². The molecule has 186 valence electrons. The van der Waals surface area contributed by atoms with E-state index in [9.17, 15) is 4.79 Å². The van der Waals surface area contributed by atoms with Crippen LogP contribution in [0.1, 0.15) is 45.0 Å². The van der Waals surface area contributed by atoms with Crippen molar-refractivity contribution in [3.05, 3.63) is 90.5 Å². The van der Waals surface area contributed by atoms with Crippen LogP contribution in [0.4, 0.5) is 4.79 Å². The number of amides is 1.